The maximum absolute atomic E-state index is 11.0. The lowest BCUT2D eigenvalue weighted by atomic mass is 10.3. The van der Waals surface area contributed by atoms with E-state index in [9.17, 15) is 4.79 Å². The Morgan fingerprint density at radius 1 is 1.50 bits per heavy atom. The highest BCUT2D eigenvalue weighted by Crippen LogP contribution is 2.15. The average Bonchev–Trinajstić information content (AvgIpc) is 2.65. The van der Waals surface area contributed by atoms with Crippen molar-refractivity contribution in [2.75, 3.05) is 5.32 Å². The van der Waals surface area contributed by atoms with Gasteiger partial charge in [-0.15, -0.1) is 0 Å². The molecule has 0 saturated carbocycles. The summed E-state index contributed by atoms with van der Waals surface area (Å²) < 4.78 is 5.36. The number of nitrogens with one attached hydrogen (secondary N) is 2. The number of aromatic amines is 1. The molecule has 2 aromatic rings. The minimum atomic E-state index is -0.201. The minimum absolute atomic E-state index is 0.136. The molecule has 2 rings (SSSR count). The summed E-state index contributed by atoms with van der Waals surface area (Å²) >= 11 is 0. The second kappa shape index (κ2) is 4.18. The Morgan fingerprint density at radius 2 is 2.31 bits per heavy atom. The van der Waals surface area contributed by atoms with Crippen molar-refractivity contribution in [3.63, 3.8) is 0 Å². The van der Waals surface area contributed by atoms with Gasteiger partial charge in [-0.3, -0.25) is 4.79 Å². The van der Waals surface area contributed by atoms with Crippen LogP contribution in [-0.4, -0.2) is 15.0 Å². The van der Waals surface area contributed by atoms with Crippen LogP contribution >= 0.6 is 0 Å². The quantitative estimate of drug-likeness (QED) is 0.813. The zero-order valence-corrected chi connectivity index (χ0v) is 9.02. The van der Waals surface area contributed by atoms with Gasteiger partial charge in [0.1, 0.15) is 17.6 Å². The second-order valence-corrected chi connectivity index (χ2v) is 3.47. The Hall–Kier alpha value is -2.11. The van der Waals surface area contributed by atoms with Gasteiger partial charge in [-0.2, -0.15) is 0 Å². The van der Waals surface area contributed by atoms with Crippen LogP contribution in [0, 0.1) is 6.92 Å². The molecule has 1 unspecified atom stereocenters. The normalized spacial score (nSPS) is 12.4. The van der Waals surface area contributed by atoms with Crippen LogP contribution in [-0.2, 0) is 0 Å². The highest BCUT2D eigenvalue weighted by Gasteiger charge is 2.11. The third-order valence-corrected chi connectivity index (χ3v) is 2.05. The van der Waals surface area contributed by atoms with Crippen molar-refractivity contribution in [3.05, 3.63) is 40.6 Å². The first-order valence-electron chi connectivity index (χ1n) is 4.89. The summed E-state index contributed by atoms with van der Waals surface area (Å²) in [5.41, 5.74) is -0.201. The second-order valence-electron chi connectivity index (χ2n) is 3.47. The summed E-state index contributed by atoms with van der Waals surface area (Å²) in [5.74, 6) is 1.81. The molecule has 1 atom stereocenters. The first-order chi connectivity index (χ1) is 7.65. The van der Waals surface area contributed by atoms with E-state index in [1.54, 1.807) is 6.20 Å². The van der Waals surface area contributed by atoms with Gasteiger partial charge in [0.25, 0.3) is 5.56 Å². The van der Waals surface area contributed by atoms with Crippen LogP contribution in [0.5, 0.6) is 0 Å². The van der Waals surface area contributed by atoms with Crippen LogP contribution in [0.2, 0.25) is 0 Å². The standard InChI is InChI=1S/C10H12N4O2/c1-6-4-11-10(16-6)7(2)14-8-3-9(15)13-5-12-8/h3-5,7H,1-2H3,(H2,12,13,14,15). The SMILES string of the molecule is Cc1cnc(C(C)Nc2cc(=O)[nH]cn2)o1. The third kappa shape index (κ3) is 2.28. The lowest BCUT2D eigenvalue weighted by Gasteiger charge is -2.09. The van der Waals surface area contributed by atoms with E-state index in [4.69, 9.17) is 4.42 Å². The fraction of sp³-hybridized carbons (Fsp3) is 0.300. The molecule has 0 amide bonds. The van der Waals surface area contributed by atoms with Crippen molar-refractivity contribution in [1.82, 2.24) is 15.0 Å². The number of oxazole rings is 1. The van der Waals surface area contributed by atoms with E-state index < -0.39 is 0 Å². The number of anilines is 1. The van der Waals surface area contributed by atoms with Crippen molar-refractivity contribution in [3.8, 4) is 0 Å². The van der Waals surface area contributed by atoms with E-state index in [0.717, 1.165) is 5.76 Å². The van der Waals surface area contributed by atoms with Gasteiger partial charge in [0.05, 0.1) is 12.5 Å². The first kappa shape index (κ1) is 10.4. The summed E-state index contributed by atoms with van der Waals surface area (Å²) in [7, 11) is 0. The molecular formula is C10H12N4O2. The van der Waals surface area contributed by atoms with Crippen LogP contribution < -0.4 is 10.9 Å². The van der Waals surface area contributed by atoms with E-state index in [-0.39, 0.29) is 11.6 Å². The van der Waals surface area contributed by atoms with E-state index in [1.165, 1.54) is 12.4 Å². The van der Waals surface area contributed by atoms with Crippen molar-refractivity contribution >= 4 is 5.82 Å². The molecule has 0 bridgehead atoms. The predicted octanol–water partition coefficient (Wildman–Crippen LogP) is 1.24. The Bertz CT molecular complexity index is 531. The summed E-state index contributed by atoms with van der Waals surface area (Å²) in [6.07, 6.45) is 3.00. The monoisotopic (exact) mass is 220 g/mol. The Labute approximate surface area is 91.7 Å². The maximum atomic E-state index is 11.0. The van der Waals surface area contributed by atoms with Crippen LogP contribution in [0.3, 0.4) is 0 Å². The highest BCUT2D eigenvalue weighted by molar-refractivity contribution is 5.33. The van der Waals surface area contributed by atoms with Crippen molar-refractivity contribution < 1.29 is 4.42 Å². The third-order valence-electron chi connectivity index (χ3n) is 2.05. The number of H-pyrrole nitrogens is 1. The molecule has 0 aliphatic rings. The van der Waals surface area contributed by atoms with Gasteiger partial charge in [0, 0.05) is 6.07 Å². The first-order valence-corrected chi connectivity index (χ1v) is 4.89. The fourth-order valence-electron chi connectivity index (χ4n) is 1.30. The number of nitrogens with zero attached hydrogens (tertiary/aromatic N) is 2. The summed E-state index contributed by atoms with van der Waals surface area (Å²) in [6.45, 7) is 3.71. The molecule has 0 saturated heterocycles. The molecule has 0 aliphatic carbocycles. The zero-order chi connectivity index (χ0) is 11.5. The fourth-order valence-corrected chi connectivity index (χ4v) is 1.30. The molecule has 2 aromatic heterocycles. The predicted molar refractivity (Wildman–Crippen MR) is 58.1 cm³/mol. The summed E-state index contributed by atoms with van der Waals surface area (Å²) in [6, 6.07) is 1.25. The molecule has 0 aliphatic heterocycles. The van der Waals surface area contributed by atoms with Gasteiger partial charge >= 0.3 is 0 Å². The molecule has 6 nitrogen and oxygen atoms in total. The highest BCUT2D eigenvalue weighted by atomic mass is 16.4. The van der Waals surface area contributed by atoms with Crippen LogP contribution in [0.25, 0.3) is 0 Å². The molecular weight excluding hydrogens is 208 g/mol. The largest absolute Gasteiger partial charge is 0.444 e. The lowest BCUT2D eigenvalue weighted by Crippen LogP contribution is -2.12. The van der Waals surface area contributed by atoms with Crippen LogP contribution in [0.1, 0.15) is 24.6 Å². The number of hydrogen-bond acceptors (Lipinski definition) is 5. The molecule has 84 valence electrons. The molecule has 0 radical (unpaired) electrons. The molecule has 2 heterocycles. The number of rotatable bonds is 3. The van der Waals surface area contributed by atoms with Gasteiger partial charge < -0.3 is 14.7 Å². The molecule has 0 spiro atoms. The number of aryl methyl sites for hydroxylation is 1. The van der Waals surface area contributed by atoms with Gasteiger partial charge in [0.15, 0.2) is 0 Å². The molecule has 0 fully saturated rings. The summed E-state index contributed by atoms with van der Waals surface area (Å²) in [4.78, 5) is 21.5. The maximum Gasteiger partial charge on any atom is 0.252 e. The van der Waals surface area contributed by atoms with E-state index in [2.05, 4.69) is 20.3 Å². The van der Waals surface area contributed by atoms with Gasteiger partial charge in [-0.05, 0) is 13.8 Å². The van der Waals surface area contributed by atoms with Gasteiger partial charge in [-0.25, -0.2) is 9.97 Å². The number of aromatic nitrogens is 3. The number of hydrogen-bond donors (Lipinski definition) is 2. The molecule has 6 heteroatoms. The van der Waals surface area contributed by atoms with Gasteiger partial charge in [-0.1, -0.05) is 0 Å². The topological polar surface area (TPSA) is 83.8 Å². The van der Waals surface area contributed by atoms with Gasteiger partial charge in [0.2, 0.25) is 5.89 Å². The lowest BCUT2D eigenvalue weighted by molar-refractivity contribution is 0.453. The minimum Gasteiger partial charge on any atom is -0.444 e. The molecule has 0 aromatic carbocycles. The van der Waals surface area contributed by atoms with Crippen LogP contribution in [0.15, 0.2) is 27.8 Å². The van der Waals surface area contributed by atoms with Crippen molar-refractivity contribution in [1.29, 1.82) is 0 Å². The van der Waals surface area contributed by atoms with Crippen LogP contribution in [0.4, 0.5) is 5.82 Å². The zero-order valence-electron chi connectivity index (χ0n) is 9.02. The van der Waals surface area contributed by atoms with Crippen molar-refractivity contribution in [2.45, 2.75) is 19.9 Å². The van der Waals surface area contributed by atoms with E-state index in [0.29, 0.717) is 11.7 Å². The molecule has 16 heavy (non-hydrogen) atoms. The summed E-state index contributed by atoms with van der Waals surface area (Å²) in [5, 5.41) is 3.02. The van der Waals surface area contributed by atoms with E-state index in [1.807, 2.05) is 13.8 Å². The van der Waals surface area contributed by atoms with Crippen molar-refractivity contribution in [2.24, 2.45) is 0 Å². The van der Waals surface area contributed by atoms with E-state index >= 15 is 0 Å². The molecule has 2 N–H and O–H groups in total. The Kier molecular flexibility index (Phi) is 2.72. The Balaban J connectivity index is 2.13. The Morgan fingerprint density at radius 3 is 2.94 bits per heavy atom. The average molecular weight is 220 g/mol. The smallest absolute Gasteiger partial charge is 0.252 e.